The van der Waals surface area contributed by atoms with Crippen LogP contribution in [0.2, 0.25) is 0 Å². The highest BCUT2D eigenvalue weighted by atomic mass is 79.9. The summed E-state index contributed by atoms with van der Waals surface area (Å²) in [6.45, 7) is 1.86. The lowest BCUT2D eigenvalue weighted by Gasteiger charge is -2.09. The highest BCUT2D eigenvalue weighted by molar-refractivity contribution is 9.10. The van der Waals surface area contributed by atoms with Gasteiger partial charge < -0.3 is 4.74 Å². The fraction of sp³-hybridized carbons (Fsp3) is 0.143. The zero-order valence-electron chi connectivity index (χ0n) is 10.5. The second kappa shape index (κ2) is 5.40. The first-order valence-corrected chi connectivity index (χ1v) is 6.41. The topological polar surface area (TPSA) is 52.4 Å². The fourth-order valence-corrected chi connectivity index (χ4v) is 2.56. The van der Waals surface area contributed by atoms with E-state index < -0.39 is 0 Å². The fourth-order valence-electron chi connectivity index (χ4n) is 2.00. The second-order valence-corrected chi connectivity index (χ2v) is 5.02. The number of nitro benzene ring substituents is 1. The Hall–Kier alpha value is -1.88. The summed E-state index contributed by atoms with van der Waals surface area (Å²) >= 11 is 3.29. The van der Waals surface area contributed by atoms with Crippen LogP contribution in [0.4, 0.5) is 5.69 Å². The van der Waals surface area contributed by atoms with Crippen molar-refractivity contribution in [3.05, 3.63) is 56.5 Å². The van der Waals surface area contributed by atoms with Gasteiger partial charge in [0.15, 0.2) is 0 Å². The van der Waals surface area contributed by atoms with Crippen LogP contribution >= 0.6 is 15.9 Å². The molecule has 0 spiro atoms. The van der Waals surface area contributed by atoms with Gasteiger partial charge in [-0.15, -0.1) is 0 Å². The Balaban J connectivity index is 2.62. The number of nitro groups is 1. The van der Waals surface area contributed by atoms with Crippen LogP contribution in [-0.4, -0.2) is 12.0 Å². The Kier molecular flexibility index (Phi) is 3.85. The molecule has 0 atom stereocenters. The summed E-state index contributed by atoms with van der Waals surface area (Å²) in [6, 6.07) is 10.6. The minimum atomic E-state index is -0.364. The summed E-state index contributed by atoms with van der Waals surface area (Å²) in [7, 11) is 1.59. The summed E-state index contributed by atoms with van der Waals surface area (Å²) in [6.07, 6.45) is 0. The predicted octanol–water partition coefficient (Wildman–Crippen LogP) is 4.34. The molecular formula is C14H12BrNO3. The lowest BCUT2D eigenvalue weighted by atomic mass is 9.98. The van der Waals surface area contributed by atoms with Crippen LogP contribution in [-0.2, 0) is 0 Å². The van der Waals surface area contributed by atoms with Gasteiger partial charge in [-0.05, 0) is 36.2 Å². The zero-order valence-corrected chi connectivity index (χ0v) is 12.1. The molecule has 0 fully saturated rings. The molecular weight excluding hydrogens is 310 g/mol. The molecule has 2 aromatic rings. The third-order valence-corrected chi connectivity index (χ3v) is 3.31. The molecule has 0 aliphatic heterocycles. The van der Waals surface area contributed by atoms with E-state index in [0.29, 0.717) is 10.0 Å². The Labute approximate surface area is 119 Å². The molecule has 5 heteroatoms. The molecule has 0 aliphatic carbocycles. The first kappa shape index (κ1) is 13.5. The lowest BCUT2D eigenvalue weighted by Crippen LogP contribution is -1.95. The average molecular weight is 322 g/mol. The van der Waals surface area contributed by atoms with Crippen molar-refractivity contribution in [2.45, 2.75) is 6.92 Å². The molecule has 0 saturated heterocycles. The van der Waals surface area contributed by atoms with Crippen molar-refractivity contribution >= 4 is 21.6 Å². The van der Waals surface area contributed by atoms with Crippen molar-refractivity contribution in [1.82, 2.24) is 0 Å². The van der Waals surface area contributed by atoms with Gasteiger partial charge in [-0.25, -0.2) is 0 Å². The highest BCUT2D eigenvalue weighted by Crippen LogP contribution is 2.36. The summed E-state index contributed by atoms with van der Waals surface area (Å²) < 4.78 is 5.79. The van der Waals surface area contributed by atoms with Crippen LogP contribution in [0.5, 0.6) is 5.75 Å². The average Bonchev–Trinajstić information content (AvgIpc) is 2.38. The highest BCUT2D eigenvalue weighted by Gasteiger charge is 2.18. The van der Waals surface area contributed by atoms with Gasteiger partial charge >= 0.3 is 0 Å². The second-order valence-electron chi connectivity index (χ2n) is 4.10. The van der Waals surface area contributed by atoms with E-state index >= 15 is 0 Å². The van der Waals surface area contributed by atoms with Crippen LogP contribution < -0.4 is 4.74 Å². The first-order valence-electron chi connectivity index (χ1n) is 5.62. The molecule has 2 rings (SSSR count). The third-order valence-electron chi connectivity index (χ3n) is 2.85. The maximum Gasteiger partial charge on any atom is 0.278 e. The number of rotatable bonds is 3. The molecule has 0 aromatic heterocycles. The Morgan fingerprint density at radius 1 is 1.21 bits per heavy atom. The van der Waals surface area contributed by atoms with Crippen molar-refractivity contribution in [3.63, 3.8) is 0 Å². The van der Waals surface area contributed by atoms with E-state index in [2.05, 4.69) is 15.9 Å². The van der Waals surface area contributed by atoms with E-state index in [1.54, 1.807) is 19.2 Å². The molecule has 4 nitrogen and oxygen atoms in total. The summed E-state index contributed by atoms with van der Waals surface area (Å²) in [5.41, 5.74) is 2.39. The van der Waals surface area contributed by atoms with Gasteiger partial charge in [-0.1, -0.05) is 28.1 Å². The predicted molar refractivity (Wildman–Crippen MR) is 77.5 cm³/mol. The van der Waals surface area contributed by atoms with Gasteiger partial charge in [-0.3, -0.25) is 10.1 Å². The molecule has 0 bridgehead atoms. The van der Waals surface area contributed by atoms with Crippen molar-refractivity contribution in [2.75, 3.05) is 7.11 Å². The largest absolute Gasteiger partial charge is 0.497 e. The smallest absolute Gasteiger partial charge is 0.278 e. The van der Waals surface area contributed by atoms with E-state index in [4.69, 9.17) is 4.74 Å². The normalized spacial score (nSPS) is 10.3. The summed E-state index contributed by atoms with van der Waals surface area (Å²) in [5.74, 6) is 0.723. The molecule has 0 radical (unpaired) electrons. The number of benzene rings is 2. The maximum atomic E-state index is 11.2. The van der Waals surface area contributed by atoms with E-state index in [1.807, 2.05) is 25.1 Å². The Bertz CT molecular complexity index is 623. The molecule has 0 unspecified atom stereocenters. The quantitative estimate of drug-likeness (QED) is 0.624. The molecule has 0 saturated carbocycles. The molecule has 0 amide bonds. The van der Waals surface area contributed by atoms with Gasteiger partial charge in [0.2, 0.25) is 0 Å². The van der Waals surface area contributed by atoms with Crippen LogP contribution in [0.25, 0.3) is 11.1 Å². The standard InChI is InChI=1S/C14H12BrNO3/c1-9-7-11(15)8-13(16(17)18)14(9)10-3-5-12(19-2)6-4-10/h3-8H,1-2H3. The molecule has 0 N–H and O–H groups in total. The number of halogens is 1. The number of methoxy groups -OCH3 is 1. The van der Waals surface area contributed by atoms with E-state index in [-0.39, 0.29) is 10.6 Å². The number of nitrogens with zero attached hydrogens (tertiary/aromatic N) is 1. The monoisotopic (exact) mass is 321 g/mol. The number of hydrogen-bond acceptors (Lipinski definition) is 3. The minimum Gasteiger partial charge on any atom is -0.497 e. The van der Waals surface area contributed by atoms with E-state index in [0.717, 1.165) is 16.9 Å². The van der Waals surface area contributed by atoms with Gasteiger partial charge in [0.05, 0.1) is 17.6 Å². The van der Waals surface area contributed by atoms with E-state index in [9.17, 15) is 10.1 Å². The molecule has 0 heterocycles. The van der Waals surface area contributed by atoms with Crippen molar-refractivity contribution < 1.29 is 9.66 Å². The summed E-state index contributed by atoms with van der Waals surface area (Å²) in [4.78, 5) is 10.8. The number of hydrogen-bond donors (Lipinski definition) is 0. The maximum absolute atomic E-state index is 11.2. The molecule has 2 aromatic carbocycles. The number of aryl methyl sites for hydroxylation is 1. The summed E-state index contributed by atoms with van der Waals surface area (Å²) in [5, 5.41) is 11.2. The third kappa shape index (κ3) is 2.76. The first-order chi connectivity index (χ1) is 9.02. The lowest BCUT2D eigenvalue weighted by molar-refractivity contribution is -0.384. The van der Waals surface area contributed by atoms with Crippen LogP contribution in [0.15, 0.2) is 40.9 Å². The SMILES string of the molecule is COc1ccc(-c2c(C)cc(Br)cc2[N+](=O)[O-])cc1. The molecule has 19 heavy (non-hydrogen) atoms. The van der Waals surface area contributed by atoms with Gasteiger partial charge in [0.25, 0.3) is 5.69 Å². The van der Waals surface area contributed by atoms with Crippen molar-refractivity contribution in [2.24, 2.45) is 0 Å². The zero-order chi connectivity index (χ0) is 14.0. The van der Waals surface area contributed by atoms with Crippen molar-refractivity contribution in [3.8, 4) is 16.9 Å². The molecule has 98 valence electrons. The Morgan fingerprint density at radius 3 is 2.37 bits per heavy atom. The van der Waals surface area contributed by atoms with Gasteiger partial charge in [-0.2, -0.15) is 0 Å². The van der Waals surface area contributed by atoms with Crippen LogP contribution in [0.1, 0.15) is 5.56 Å². The molecule has 0 aliphatic rings. The van der Waals surface area contributed by atoms with Gasteiger partial charge in [0, 0.05) is 10.5 Å². The van der Waals surface area contributed by atoms with Gasteiger partial charge in [0.1, 0.15) is 5.75 Å². The van der Waals surface area contributed by atoms with Crippen LogP contribution in [0, 0.1) is 17.0 Å². The van der Waals surface area contributed by atoms with E-state index in [1.165, 1.54) is 6.07 Å². The van der Waals surface area contributed by atoms with Crippen LogP contribution in [0.3, 0.4) is 0 Å². The Morgan fingerprint density at radius 2 is 1.84 bits per heavy atom. The number of ether oxygens (including phenoxy) is 1. The minimum absolute atomic E-state index is 0.0945. The van der Waals surface area contributed by atoms with Crippen molar-refractivity contribution in [1.29, 1.82) is 0 Å².